The van der Waals surface area contributed by atoms with Crippen LogP contribution in [-0.2, 0) is 4.79 Å². The van der Waals surface area contributed by atoms with Crippen molar-refractivity contribution >= 4 is 39.3 Å². The van der Waals surface area contributed by atoms with Gasteiger partial charge < -0.3 is 10.3 Å². The molecule has 1 aromatic heterocycles. The van der Waals surface area contributed by atoms with Gasteiger partial charge in [-0.3, -0.25) is 9.59 Å². The molecule has 0 saturated carbocycles. The average Bonchev–Trinajstić information content (AvgIpc) is 2.64. The first-order valence-electron chi connectivity index (χ1n) is 9.46. The number of halogens is 1. The Morgan fingerprint density at radius 2 is 2.00 bits per heavy atom. The fraction of sp³-hybridized carbons (Fsp3) is 0.318. The topological polar surface area (TPSA) is 74.8 Å². The van der Waals surface area contributed by atoms with Crippen LogP contribution in [0, 0.1) is 5.41 Å². The molecule has 0 amide bonds. The van der Waals surface area contributed by atoms with Crippen molar-refractivity contribution in [2.24, 2.45) is 5.41 Å². The zero-order valence-corrected chi connectivity index (χ0v) is 18.7. The highest BCUT2D eigenvalue weighted by molar-refractivity contribution is 9.10. The molecule has 2 heterocycles. The van der Waals surface area contributed by atoms with Crippen molar-refractivity contribution in [1.82, 2.24) is 9.97 Å². The second-order valence-electron chi connectivity index (χ2n) is 8.18. The van der Waals surface area contributed by atoms with Gasteiger partial charge in [-0.25, -0.2) is 4.98 Å². The van der Waals surface area contributed by atoms with Crippen molar-refractivity contribution < 1.29 is 4.79 Å². The van der Waals surface area contributed by atoms with E-state index >= 15 is 0 Å². The van der Waals surface area contributed by atoms with Crippen LogP contribution in [0.2, 0.25) is 0 Å². The SMILES string of the molecule is C=CCSc1nc2c(c(=O)[nH]1)C(c1ccc(Br)cc1)C1=C(CC(C)(C)CC1=O)N2. The van der Waals surface area contributed by atoms with Gasteiger partial charge in [-0.1, -0.05) is 59.7 Å². The number of Topliss-reactive ketones (excluding diaryl/α,β-unsaturated/α-hetero) is 1. The molecule has 0 bridgehead atoms. The van der Waals surface area contributed by atoms with Gasteiger partial charge in [-0.2, -0.15) is 0 Å². The number of ketones is 1. The summed E-state index contributed by atoms with van der Waals surface area (Å²) in [4.78, 5) is 33.8. The highest BCUT2D eigenvalue weighted by Gasteiger charge is 2.42. The predicted octanol–water partition coefficient (Wildman–Crippen LogP) is 5.01. The first kappa shape index (κ1) is 20.2. The third kappa shape index (κ3) is 3.85. The Morgan fingerprint density at radius 3 is 2.69 bits per heavy atom. The molecule has 0 saturated heterocycles. The van der Waals surface area contributed by atoms with Gasteiger partial charge >= 0.3 is 0 Å². The van der Waals surface area contributed by atoms with Crippen LogP contribution in [0.4, 0.5) is 5.82 Å². The summed E-state index contributed by atoms with van der Waals surface area (Å²) in [5.74, 6) is 0.856. The van der Waals surface area contributed by atoms with E-state index in [0.29, 0.717) is 34.3 Å². The minimum Gasteiger partial charge on any atom is -0.343 e. The second-order valence-corrected chi connectivity index (χ2v) is 10.1. The molecule has 1 aliphatic carbocycles. The van der Waals surface area contributed by atoms with Crippen molar-refractivity contribution in [2.75, 3.05) is 11.1 Å². The summed E-state index contributed by atoms with van der Waals surface area (Å²) in [5, 5.41) is 3.88. The summed E-state index contributed by atoms with van der Waals surface area (Å²) < 4.78 is 0.948. The fourth-order valence-corrected chi connectivity index (χ4v) is 4.95. The molecule has 150 valence electrons. The molecule has 0 radical (unpaired) electrons. The quantitative estimate of drug-likeness (QED) is 0.372. The van der Waals surface area contributed by atoms with E-state index in [1.807, 2.05) is 24.3 Å². The van der Waals surface area contributed by atoms with E-state index in [4.69, 9.17) is 0 Å². The standard InChI is InChI=1S/C22H22BrN3O2S/c1-4-9-29-21-25-19-18(20(28)26-21)16(12-5-7-13(23)8-6-12)17-14(24-19)10-22(2,3)11-15(17)27/h4-8,16H,1,9-11H2,2-3H3,(H2,24,25,26,28). The van der Waals surface area contributed by atoms with Crippen molar-refractivity contribution in [3.05, 3.63) is 74.1 Å². The number of H-pyrrole nitrogens is 1. The zero-order valence-electron chi connectivity index (χ0n) is 16.3. The first-order chi connectivity index (χ1) is 13.8. The number of anilines is 1. The number of fused-ring (bicyclic) bond motifs is 1. The van der Waals surface area contributed by atoms with Gasteiger partial charge in [0.15, 0.2) is 10.9 Å². The molecule has 1 aliphatic heterocycles. The van der Waals surface area contributed by atoms with E-state index < -0.39 is 5.92 Å². The van der Waals surface area contributed by atoms with E-state index in [9.17, 15) is 9.59 Å². The van der Waals surface area contributed by atoms with E-state index in [1.165, 1.54) is 11.8 Å². The summed E-state index contributed by atoms with van der Waals surface area (Å²) in [6.07, 6.45) is 2.98. The Labute approximate surface area is 182 Å². The van der Waals surface area contributed by atoms with Gasteiger partial charge in [-0.05, 0) is 29.5 Å². The maximum Gasteiger partial charge on any atom is 0.257 e. The highest BCUT2D eigenvalue weighted by Crippen LogP contribution is 2.47. The van der Waals surface area contributed by atoms with Gasteiger partial charge in [0, 0.05) is 33.8 Å². The number of carbonyl (C=O) groups is 1. The number of aromatic amines is 1. The van der Waals surface area contributed by atoms with Crippen molar-refractivity contribution in [2.45, 2.75) is 37.8 Å². The van der Waals surface area contributed by atoms with Crippen LogP contribution in [0.15, 0.2) is 62.6 Å². The molecular weight excluding hydrogens is 450 g/mol. The minimum absolute atomic E-state index is 0.0897. The number of allylic oxidation sites excluding steroid dienone is 2. The van der Waals surface area contributed by atoms with E-state index in [2.05, 4.69) is 51.6 Å². The Hall–Kier alpha value is -2.12. The molecule has 1 atom stereocenters. The van der Waals surface area contributed by atoms with Crippen LogP contribution in [0.3, 0.4) is 0 Å². The van der Waals surface area contributed by atoms with Gasteiger partial charge in [0.1, 0.15) is 5.82 Å². The summed E-state index contributed by atoms with van der Waals surface area (Å²) in [7, 11) is 0. The van der Waals surface area contributed by atoms with Crippen LogP contribution in [0.25, 0.3) is 0 Å². The van der Waals surface area contributed by atoms with Crippen molar-refractivity contribution in [1.29, 1.82) is 0 Å². The van der Waals surface area contributed by atoms with Crippen molar-refractivity contribution in [3.63, 3.8) is 0 Å². The van der Waals surface area contributed by atoms with Crippen LogP contribution >= 0.6 is 27.7 Å². The maximum atomic E-state index is 13.2. The van der Waals surface area contributed by atoms with Gasteiger partial charge in [0.2, 0.25) is 0 Å². The Bertz CT molecular complexity index is 1090. The molecular formula is C22H22BrN3O2S. The summed E-state index contributed by atoms with van der Waals surface area (Å²) in [5.41, 5.74) is 2.64. The zero-order chi connectivity index (χ0) is 20.8. The molecule has 2 aliphatic rings. The second kappa shape index (κ2) is 7.61. The Morgan fingerprint density at radius 1 is 1.28 bits per heavy atom. The number of nitrogens with one attached hydrogen (secondary N) is 2. The largest absolute Gasteiger partial charge is 0.343 e. The van der Waals surface area contributed by atoms with Crippen LogP contribution in [0.1, 0.15) is 43.7 Å². The molecule has 0 fully saturated rings. The number of hydrogen-bond acceptors (Lipinski definition) is 5. The summed E-state index contributed by atoms with van der Waals surface area (Å²) >= 11 is 4.88. The fourth-order valence-electron chi connectivity index (χ4n) is 4.09. The lowest BCUT2D eigenvalue weighted by Gasteiger charge is -2.38. The third-order valence-corrected chi connectivity index (χ3v) is 6.64. The number of aromatic nitrogens is 2. The van der Waals surface area contributed by atoms with Crippen LogP contribution in [0.5, 0.6) is 0 Å². The first-order valence-corrected chi connectivity index (χ1v) is 11.2. The van der Waals surface area contributed by atoms with Gasteiger partial charge in [0.25, 0.3) is 5.56 Å². The van der Waals surface area contributed by atoms with Crippen LogP contribution < -0.4 is 10.9 Å². The Kier molecular flexibility index (Phi) is 5.29. The number of carbonyl (C=O) groups excluding carboxylic acids is 1. The van der Waals surface area contributed by atoms with Gasteiger partial charge in [-0.15, -0.1) is 6.58 Å². The Balaban J connectivity index is 1.92. The summed E-state index contributed by atoms with van der Waals surface area (Å²) in [6, 6.07) is 7.79. The van der Waals surface area contributed by atoms with Crippen molar-refractivity contribution in [3.8, 4) is 0 Å². The number of benzene rings is 1. The lowest BCUT2D eigenvalue weighted by Crippen LogP contribution is -2.37. The molecule has 5 nitrogen and oxygen atoms in total. The number of hydrogen-bond donors (Lipinski definition) is 2. The maximum absolute atomic E-state index is 13.2. The van der Waals surface area contributed by atoms with Gasteiger partial charge in [0.05, 0.1) is 5.56 Å². The number of thioether (sulfide) groups is 1. The molecule has 1 unspecified atom stereocenters. The molecule has 1 aromatic carbocycles. The molecule has 0 spiro atoms. The average molecular weight is 472 g/mol. The van der Waals surface area contributed by atoms with Crippen LogP contribution in [-0.4, -0.2) is 21.5 Å². The van der Waals surface area contributed by atoms with E-state index in [0.717, 1.165) is 22.2 Å². The predicted molar refractivity (Wildman–Crippen MR) is 120 cm³/mol. The third-order valence-electron chi connectivity index (χ3n) is 5.24. The summed E-state index contributed by atoms with van der Waals surface area (Å²) in [6.45, 7) is 7.91. The molecule has 7 heteroatoms. The molecule has 2 aromatic rings. The molecule has 29 heavy (non-hydrogen) atoms. The highest BCUT2D eigenvalue weighted by atomic mass is 79.9. The lowest BCUT2D eigenvalue weighted by molar-refractivity contribution is -0.118. The number of nitrogens with zero attached hydrogens (tertiary/aromatic N) is 1. The lowest BCUT2D eigenvalue weighted by atomic mass is 9.69. The van der Waals surface area contributed by atoms with E-state index in [1.54, 1.807) is 6.08 Å². The minimum atomic E-state index is -0.423. The molecule has 4 rings (SSSR count). The monoisotopic (exact) mass is 471 g/mol. The number of rotatable bonds is 4. The smallest absolute Gasteiger partial charge is 0.257 e. The molecule has 2 N–H and O–H groups in total. The van der Waals surface area contributed by atoms with E-state index in [-0.39, 0.29) is 16.8 Å². The normalized spacial score (nSPS) is 20.0.